The molecule has 7 heteroatoms. The third-order valence-electron chi connectivity index (χ3n) is 6.35. The summed E-state index contributed by atoms with van der Waals surface area (Å²) < 4.78 is 5.48. The number of nitrogens with zero attached hydrogens (tertiary/aromatic N) is 1. The molecule has 1 aromatic carbocycles. The molecule has 0 aliphatic heterocycles. The number of benzene rings is 1. The standard InChI is InChI=1S/C31H53N3O4/c1-9-11-13-14-17-21-34(29(36)26(22-23(3)4)33-30(37)38-31(6,7)8)27(28(35)32-20-12-10-2)25-19-16-15-18-24(25)5/h15-16,18-19,23,26-27H,9-14,17,20-22H2,1-8H3,(H,32,35)(H,33,37). The Balaban J connectivity index is 3.44. The van der Waals surface area contributed by atoms with Gasteiger partial charge in [0, 0.05) is 13.1 Å². The van der Waals surface area contributed by atoms with E-state index in [1.54, 1.807) is 25.7 Å². The predicted molar refractivity (Wildman–Crippen MR) is 155 cm³/mol. The van der Waals surface area contributed by atoms with E-state index in [0.29, 0.717) is 19.5 Å². The minimum absolute atomic E-state index is 0.153. The first kappa shape index (κ1) is 33.5. The molecular weight excluding hydrogens is 478 g/mol. The lowest BCUT2D eigenvalue weighted by Crippen LogP contribution is -2.53. The Morgan fingerprint density at radius 1 is 0.947 bits per heavy atom. The zero-order valence-electron chi connectivity index (χ0n) is 25.2. The fourth-order valence-corrected chi connectivity index (χ4v) is 4.42. The maximum absolute atomic E-state index is 14.2. The average molecular weight is 532 g/mol. The summed E-state index contributed by atoms with van der Waals surface area (Å²) in [5.41, 5.74) is 1.08. The molecule has 0 saturated heterocycles. The number of alkyl carbamates (subject to hydrolysis) is 1. The van der Waals surface area contributed by atoms with Gasteiger partial charge in [0.2, 0.25) is 11.8 Å². The number of carbonyl (C=O) groups is 3. The quantitative estimate of drug-likeness (QED) is 0.233. The molecule has 3 amide bonds. The van der Waals surface area contributed by atoms with Crippen LogP contribution in [0.1, 0.15) is 117 Å². The first-order valence-electron chi connectivity index (χ1n) is 14.5. The Labute approximate surface area is 231 Å². The Morgan fingerprint density at radius 2 is 1.58 bits per heavy atom. The lowest BCUT2D eigenvalue weighted by molar-refractivity contribution is -0.143. The maximum Gasteiger partial charge on any atom is 0.408 e. The number of ether oxygens (including phenoxy) is 1. The number of nitrogens with one attached hydrogen (secondary N) is 2. The summed E-state index contributed by atoms with van der Waals surface area (Å²) in [7, 11) is 0. The van der Waals surface area contributed by atoms with Gasteiger partial charge in [0.25, 0.3) is 0 Å². The molecule has 0 bridgehead atoms. The maximum atomic E-state index is 14.2. The van der Waals surface area contributed by atoms with Crippen molar-refractivity contribution in [1.82, 2.24) is 15.5 Å². The Hall–Kier alpha value is -2.57. The fourth-order valence-electron chi connectivity index (χ4n) is 4.42. The predicted octanol–water partition coefficient (Wildman–Crippen LogP) is 6.69. The van der Waals surface area contributed by atoms with E-state index in [0.717, 1.165) is 56.1 Å². The summed E-state index contributed by atoms with van der Waals surface area (Å²) in [5, 5.41) is 5.89. The van der Waals surface area contributed by atoms with E-state index in [4.69, 9.17) is 4.74 Å². The van der Waals surface area contributed by atoms with Crippen LogP contribution >= 0.6 is 0 Å². The van der Waals surface area contributed by atoms with Gasteiger partial charge in [0.15, 0.2) is 0 Å². The zero-order valence-corrected chi connectivity index (χ0v) is 25.2. The Kier molecular flexibility index (Phi) is 15.1. The van der Waals surface area contributed by atoms with Crippen LogP contribution in [0.4, 0.5) is 4.79 Å². The molecular formula is C31H53N3O4. The van der Waals surface area contributed by atoms with Crippen LogP contribution in [0.25, 0.3) is 0 Å². The number of aryl methyl sites for hydroxylation is 1. The molecule has 2 atom stereocenters. The first-order chi connectivity index (χ1) is 17.9. The number of hydrogen-bond donors (Lipinski definition) is 2. The van der Waals surface area contributed by atoms with E-state index in [2.05, 4.69) is 24.5 Å². The molecule has 0 aliphatic rings. The van der Waals surface area contributed by atoms with Crippen molar-refractivity contribution < 1.29 is 19.1 Å². The summed E-state index contributed by atoms with van der Waals surface area (Å²) in [5.74, 6) is -0.283. The summed E-state index contributed by atoms with van der Waals surface area (Å²) >= 11 is 0. The summed E-state index contributed by atoms with van der Waals surface area (Å²) in [6.45, 7) is 16.6. The van der Waals surface area contributed by atoms with Gasteiger partial charge in [-0.25, -0.2) is 4.79 Å². The molecule has 216 valence electrons. The van der Waals surface area contributed by atoms with E-state index in [-0.39, 0.29) is 17.7 Å². The molecule has 1 aromatic rings. The van der Waals surface area contributed by atoms with Gasteiger partial charge in [0.1, 0.15) is 17.7 Å². The summed E-state index contributed by atoms with van der Waals surface area (Å²) in [6, 6.07) is 6.17. The number of rotatable bonds is 16. The summed E-state index contributed by atoms with van der Waals surface area (Å²) in [4.78, 5) is 42.3. The highest BCUT2D eigenvalue weighted by molar-refractivity contribution is 5.92. The van der Waals surface area contributed by atoms with Crippen LogP contribution < -0.4 is 10.6 Å². The average Bonchev–Trinajstić information content (AvgIpc) is 2.82. The van der Waals surface area contributed by atoms with Crippen LogP contribution in [0.2, 0.25) is 0 Å². The molecule has 38 heavy (non-hydrogen) atoms. The van der Waals surface area contributed by atoms with Crippen LogP contribution in [-0.2, 0) is 14.3 Å². The van der Waals surface area contributed by atoms with E-state index in [1.165, 1.54) is 0 Å². The smallest absolute Gasteiger partial charge is 0.408 e. The van der Waals surface area contributed by atoms with Crippen molar-refractivity contribution in [2.45, 2.75) is 124 Å². The second kappa shape index (κ2) is 17.1. The van der Waals surface area contributed by atoms with Crippen molar-refractivity contribution in [3.8, 4) is 0 Å². The van der Waals surface area contributed by atoms with Gasteiger partial charge in [-0.3, -0.25) is 9.59 Å². The van der Waals surface area contributed by atoms with E-state index < -0.39 is 23.8 Å². The number of carbonyl (C=O) groups excluding carboxylic acids is 3. The third kappa shape index (κ3) is 12.3. The molecule has 0 aromatic heterocycles. The number of hydrogen-bond acceptors (Lipinski definition) is 4. The first-order valence-corrected chi connectivity index (χ1v) is 14.5. The number of unbranched alkanes of at least 4 members (excludes halogenated alkanes) is 5. The van der Waals surface area contributed by atoms with Crippen molar-refractivity contribution in [3.05, 3.63) is 35.4 Å². The Bertz CT molecular complexity index is 863. The van der Waals surface area contributed by atoms with Crippen molar-refractivity contribution in [1.29, 1.82) is 0 Å². The van der Waals surface area contributed by atoms with Gasteiger partial charge in [-0.1, -0.05) is 84.1 Å². The van der Waals surface area contributed by atoms with E-state index in [9.17, 15) is 14.4 Å². The Morgan fingerprint density at radius 3 is 2.16 bits per heavy atom. The van der Waals surface area contributed by atoms with Crippen LogP contribution in [0, 0.1) is 12.8 Å². The topological polar surface area (TPSA) is 87.7 Å². The molecule has 0 heterocycles. The molecule has 1 rings (SSSR count). The number of amides is 3. The highest BCUT2D eigenvalue weighted by Crippen LogP contribution is 2.27. The molecule has 7 nitrogen and oxygen atoms in total. The second-order valence-corrected chi connectivity index (χ2v) is 11.7. The highest BCUT2D eigenvalue weighted by atomic mass is 16.6. The van der Waals surface area contributed by atoms with Crippen LogP contribution in [0.5, 0.6) is 0 Å². The molecule has 2 unspecified atom stereocenters. The summed E-state index contributed by atoms with van der Waals surface area (Å²) in [6.07, 6.45) is 6.77. The zero-order chi connectivity index (χ0) is 28.7. The van der Waals surface area contributed by atoms with Crippen LogP contribution in [0.15, 0.2) is 24.3 Å². The fraction of sp³-hybridized carbons (Fsp3) is 0.710. The molecule has 0 fully saturated rings. The minimum atomic E-state index is -0.796. The van der Waals surface area contributed by atoms with E-state index in [1.807, 2.05) is 45.0 Å². The van der Waals surface area contributed by atoms with Crippen molar-refractivity contribution in [3.63, 3.8) is 0 Å². The van der Waals surface area contributed by atoms with Gasteiger partial charge in [0.05, 0.1) is 0 Å². The van der Waals surface area contributed by atoms with Gasteiger partial charge in [-0.15, -0.1) is 0 Å². The van der Waals surface area contributed by atoms with Gasteiger partial charge in [-0.05, 0) is 64.0 Å². The largest absolute Gasteiger partial charge is 0.444 e. The monoisotopic (exact) mass is 531 g/mol. The van der Waals surface area contributed by atoms with Crippen LogP contribution in [-0.4, -0.2) is 47.5 Å². The molecule has 0 aliphatic carbocycles. The third-order valence-corrected chi connectivity index (χ3v) is 6.35. The molecule has 0 saturated carbocycles. The highest BCUT2D eigenvalue weighted by Gasteiger charge is 2.36. The van der Waals surface area contributed by atoms with Gasteiger partial charge >= 0.3 is 6.09 Å². The lowest BCUT2D eigenvalue weighted by atomic mass is 9.96. The molecule has 0 spiro atoms. The SMILES string of the molecule is CCCCCCCN(C(=O)C(CC(C)C)NC(=O)OC(C)(C)C)C(C(=O)NCCCC)c1ccccc1C. The normalized spacial score (nSPS) is 13.1. The lowest BCUT2D eigenvalue weighted by Gasteiger charge is -2.35. The minimum Gasteiger partial charge on any atom is -0.444 e. The molecule has 2 N–H and O–H groups in total. The van der Waals surface area contributed by atoms with Crippen molar-refractivity contribution in [2.24, 2.45) is 5.92 Å². The molecule has 0 radical (unpaired) electrons. The van der Waals surface area contributed by atoms with Crippen molar-refractivity contribution >= 4 is 17.9 Å². The van der Waals surface area contributed by atoms with Crippen molar-refractivity contribution in [2.75, 3.05) is 13.1 Å². The van der Waals surface area contributed by atoms with Crippen LogP contribution in [0.3, 0.4) is 0 Å². The second-order valence-electron chi connectivity index (χ2n) is 11.7. The van der Waals surface area contributed by atoms with Gasteiger partial charge < -0.3 is 20.3 Å². The van der Waals surface area contributed by atoms with Gasteiger partial charge in [-0.2, -0.15) is 0 Å². The van der Waals surface area contributed by atoms with E-state index >= 15 is 0 Å².